The van der Waals surface area contributed by atoms with Crippen molar-refractivity contribution < 1.29 is 19.4 Å². The maximum absolute atomic E-state index is 11.3. The topological polar surface area (TPSA) is 82.8 Å². The van der Waals surface area contributed by atoms with Gasteiger partial charge in [-0.25, -0.2) is 0 Å². The lowest BCUT2D eigenvalue weighted by Crippen LogP contribution is -2.37. The normalized spacial score (nSPS) is 17.5. The van der Waals surface area contributed by atoms with E-state index in [0.29, 0.717) is 18.4 Å². The Kier molecular flexibility index (Phi) is 7.54. The first-order valence-corrected chi connectivity index (χ1v) is 12.6. The minimum atomic E-state index is -0.739. The zero-order valence-electron chi connectivity index (χ0n) is 21.0. The molecule has 2 aliphatic rings. The van der Waals surface area contributed by atoms with Gasteiger partial charge in [-0.1, -0.05) is 18.2 Å². The number of hydrogen-bond donors (Lipinski definition) is 1. The van der Waals surface area contributed by atoms with E-state index >= 15 is 0 Å². The molecule has 0 spiro atoms. The van der Waals surface area contributed by atoms with Gasteiger partial charge in [-0.15, -0.1) is 0 Å². The van der Waals surface area contributed by atoms with Crippen LogP contribution in [0.2, 0.25) is 0 Å². The lowest BCUT2D eigenvalue weighted by molar-refractivity contribution is -0.137. The molecule has 186 valence electrons. The first kappa shape index (κ1) is 24.9. The number of anilines is 1. The maximum atomic E-state index is 11.3. The first-order valence-electron chi connectivity index (χ1n) is 12.6. The quantitative estimate of drug-likeness (QED) is 0.469. The van der Waals surface area contributed by atoms with Crippen LogP contribution in [-0.2, 0) is 10.2 Å². The first-order chi connectivity index (χ1) is 16.8. The fourth-order valence-electron chi connectivity index (χ4n) is 5.12. The molecule has 0 bridgehead atoms. The van der Waals surface area contributed by atoms with E-state index in [1.54, 1.807) is 7.11 Å². The standard InChI is InChI=1S/C29H36N2O4/c1-29(2,19-30)26-10-9-23(34-3)16-27(26)31-13-11-20(12-14-31)18-35-24-6-4-5-22(15-24)25(17-28(32)33)21-7-8-21/h4-6,9-10,15-16,20-21,25H,7-8,11-14,17-18H2,1-3H3,(H,32,33). The smallest absolute Gasteiger partial charge is 0.303 e. The number of carboxylic acids is 1. The molecule has 1 unspecified atom stereocenters. The summed E-state index contributed by atoms with van der Waals surface area (Å²) in [5.41, 5.74) is 2.60. The predicted molar refractivity (Wildman–Crippen MR) is 136 cm³/mol. The number of methoxy groups -OCH3 is 1. The van der Waals surface area contributed by atoms with Crippen LogP contribution in [0.3, 0.4) is 0 Å². The summed E-state index contributed by atoms with van der Waals surface area (Å²) in [6.45, 7) is 6.36. The van der Waals surface area contributed by atoms with E-state index in [1.807, 2.05) is 56.3 Å². The summed E-state index contributed by atoms with van der Waals surface area (Å²) in [6.07, 6.45) is 4.42. The highest BCUT2D eigenvalue weighted by Crippen LogP contribution is 2.45. The fourth-order valence-corrected chi connectivity index (χ4v) is 5.12. The van der Waals surface area contributed by atoms with E-state index in [-0.39, 0.29) is 12.3 Å². The third kappa shape index (κ3) is 6.08. The van der Waals surface area contributed by atoms with Crippen LogP contribution >= 0.6 is 0 Å². The summed E-state index contributed by atoms with van der Waals surface area (Å²) < 4.78 is 11.6. The lowest BCUT2D eigenvalue weighted by atomic mass is 9.84. The molecule has 1 aliphatic heterocycles. The van der Waals surface area contributed by atoms with Crippen LogP contribution in [0, 0.1) is 23.2 Å². The number of ether oxygens (including phenoxy) is 2. The Hall–Kier alpha value is -3.20. The fraction of sp³-hybridized carbons (Fsp3) is 0.517. The minimum Gasteiger partial charge on any atom is -0.497 e. The summed E-state index contributed by atoms with van der Waals surface area (Å²) in [5, 5.41) is 19.0. The molecule has 1 heterocycles. The third-order valence-corrected chi connectivity index (χ3v) is 7.47. The molecule has 6 nitrogen and oxygen atoms in total. The van der Waals surface area contributed by atoms with Crippen molar-refractivity contribution >= 4 is 11.7 Å². The Morgan fingerprint density at radius 1 is 1.14 bits per heavy atom. The molecule has 2 aromatic rings. The summed E-state index contributed by atoms with van der Waals surface area (Å²) in [6, 6.07) is 16.4. The molecule has 0 amide bonds. The molecule has 1 saturated heterocycles. The lowest BCUT2D eigenvalue weighted by Gasteiger charge is -2.36. The van der Waals surface area contributed by atoms with Gasteiger partial charge in [-0.2, -0.15) is 5.26 Å². The molecule has 4 rings (SSSR count). The number of aliphatic carboxylic acids is 1. The second-order valence-corrected chi connectivity index (χ2v) is 10.5. The van der Waals surface area contributed by atoms with Crippen molar-refractivity contribution in [3.63, 3.8) is 0 Å². The van der Waals surface area contributed by atoms with Gasteiger partial charge < -0.3 is 19.5 Å². The number of carbonyl (C=O) groups is 1. The van der Waals surface area contributed by atoms with Crippen LogP contribution in [0.5, 0.6) is 11.5 Å². The number of piperidine rings is 1. The Labute approximate surface area is 208 Å². The molecule has 2 aromatic carbocycles. The molecular weight excluding hydrogens is 440 g/mol. The highest BCUT2D eigenvalue weighted by molar-refractivity contribution is 5.68. The van der Waals surface area contributed by atoms with E-state index in [1.165, 1.54) is 0 Å². The van der Waals surface area contributed by atoms with Gasteiger partial charge in [0.25, 0.3) is 0 Å². The molecule has 1 N–H and O–H groups in total. The highest BCUT2D eigenvalue weighted by Gasteiger charge is 2.34. The summed E-state index contributed by atoms with van der Waals surface area (Å²) in [5.74, 6) is 1.90. The monoisotopic (exact) mass is 476 g/mol. The van der Waals surface area contributed by atoms with Crippen LogP contribution in [0.1, 0.15) is 63.0 Å². The SMILES string of the molecule is COc1ccc(C(C)(C)C#N)c(N2CCC(COc3cccc(C(CC(=O)O)C4CC4)c3)CC2)c1. The van der Waals surface area contributed by atoms with E-state index in [0.717, 1.165) is 67.1 Å². The highest BCUT2D eigenvalue weighted by atomic mass is 16.5. The van der Waals surface area contributed by atoms with E-state index in [2.05, 4.69) is 11.0 Å². The molecule has 0 radical (unpaired) electrons. The summed E-state index contributed by atoms with van der Waals surface area (Å²) in [4.78, 5) is 13.7. The zero-order valence-corrected chi connectivity index (χ0v) is 21.0. The molecule has 2 fully saturated rings. The number of carboxylic acid groups (broad SMARTS) is 1. The van der Waals surface area contributed by atoms with E-state index < -0.39 is 11.4 Å². The van der Waals surface area contributed by atoms with Crippen LogP contribution in [0.25, 0.3) is 0 Å². The van der Waals surface area contributed by atoms with Gasteiger partial charge in [0.1, 0.15) is 11.5 Å². The van der Waals surface area contributed by atoms with Gasteiger partial charge in [0, 0.05) is 24.8 Å². The van der Waals surface area contributed by atoms with Crippen molar-refractivity contribution in [3.05, 3.63) is 53.6 Å². The van der Waals surface area contributed by atoms with Crippen LogP contribution < -0.4 is 14.4 Å². The number of nitriles is 1. The average Bonchev–Trinajstić information content (AvgIpc) is 3.71. The van der Waals surface area contributed by atoms with Gasteiger partial charge in [0.2, 0.25) is 0 Å². The second kappa shape index (κ2) is 10.6. The van der Waals surface area contributed by atoms with Crippen LogP contribution in [0.4, 0.5) is 5.69 Å². The van der Waals surface area contributed by atoms with Crippen molar-refractivity contribution in [1.29, 1.82) is 5.26 Å². The zero-order chi connectivity index (χ0) is 25.0. The molecule has 1 saturated carbocycles. The van der Waals surface area contributed by atoms with Gasteiger partial charge in [-0.3, -0.25) is 4.79 Å². The molecule has 0 aromatic heterocycles. The molecule has 6 heteroatoms. The third-order valence-electron chi connectivity index (χ3n) is 7.47. The molecular formula is C29H36N2O4. The predicted octanol–water partition coefficient (Wildman–Crippen LogP) is 5.76. The van der Waals surface area contributed by atoms with Gasteiger partial charge in [0.15, 0.2) is 0 Å². The Balaban J connectivity index is 1.37. The second-order valence-electron chi connectivity index (χ2n) is 10.5. The molecule has 35 heavy (non-hydrogen) atoms. The van der Waals surface area contributed by atoms with Crippen molar-refractivity contribution in [2.45, 2.75) is 57.3 Å². The van der Waals surface area contributed by atoms with E-state index in [9.17, 15) is 15.2 Å². The van der Waals surface area contributed by atoms with Crippen LogP contribution in [-0.4, -0.2) is 37.9 Å². The number of rotatable bonds is 10. The Morgan fingerprint density at radius 3 is 2.51 bits per heavy atom. The van der Waals surface area contributed by atoms with Crippen molar-refractivity contribution in [2.75, 3.05) is 31.7 Å². The van der Waals surface area contributed by atoms with Crippen LogP contribution in [0.15, 0.2) is 42.5 Å². The Bertz CT molecular complexity index is 1080. The van der Waals surface area contributed by atoms with Gasteiger partial charge in [0.05, 0.1) is 31.6 Å². The van der Waals surface area contributed by atoms with Gasteiger partial charge in [-0.05, 0) is 86.6 Å². The van der Waals surface area contributed by atoms with Gasteiger partial charge >= 0.3 is 5.97 Å². The number of benzene rings is 2. The summed E-state index contributed by atoms with van der Waals surface area (Å²) >= 11 is 0. The summed E-state index contributed by atoms with van der Waals surface area (Å²) in [7, 11) is 1.67. The molecule has 1 aliphatic carbocycles. The Morgan fingerprint density at radius 2 is 1.89 bits per heavy atom. The van der Waals surface area contributed by atoms with E-state index in [4.69, 9.17) is 9.47 Å². The maximum Gasteiger partial charge on any atom is 0.303 e. The average molecular weight is 477 g/mol. The number of hydrogen-bond acceptors (Lipinski definition) is 5. The molecule has 1 atom stereocenters. The van der Waals surface area contributed by atoms with Crippen molar-refractivity contribution in [3.8, 4) is 17.6 Å². The number of nitrogens with zero attached hydrogens (tertiary/aromatic N) is 2. The minimum absolute atomic E-state index is 0.0778. The van der Waals surface area contributed by atoms with Crippen molar-refractivity contribution in [2.24, 2.45) is 11.8 Å². The van der Waals surface area contributed by atoms with Crippen molar-refractivity contribution in [1.82, 2.24) is 0 Å². The largest absolute Gasteiger partial charge is 0.497 e.